The number of carbonyl (C=O) groups excluding carboxylic acids is 2. The molecule has 0 bridgehead atoms. The van der Waals surface area contributed by atoms with Gasteiger partial charge in [0.2, 0.25) is 0 Å². The second-order valence-electron chi connectivity index (χ2n) is 4.35. The van der Waals surface area contributed by atoms with Crippen LogP contribution in [-0.4, -0.2) is 23.5 Å². The number of nitrogens with one attached hydrogen (secondary N) is 1. The fourth-order valence-electron chi connectivity index (χ4n) is 1.56. The number of ether oxygens (including phenoxy) is 1. The van der Waals surface area contributed by atoms with Gasteiger partial charge in [-0.1, -0.05) is 34.8 Å². The number of pyridine rings is 1. The molecular weight excluding hydrogens is 389 g/mol. The van der Waals surface area contributed by atoms with E-state index in [-0.39, 0.29) is 20.9 Å². The van der Waals surface area contributed by atoms with E-state index in [4.69, 9.17) is 34.8 Å². The van der Waals surface area contributed by atoms with Crippen LogP contribution in [0.5, 0.6) is 0 Å². The van der Waals surface area contributed by atoms with Gasteiger partial charge in [-0.2, -0.15) is 0 Å². The largest absolute Gasteiger partial charge is 0.452 e. The average molecular weight is 396 g/mol. The third-order valence-electron chi connectivity index (χ3n) is 2.63. The Balaban J connectivity index is 1.99. The summed E-state index contributed by atoms with van der Waals surface area (Å²) in [5.41, 5.74) is -0.411. The molecule has 5 nitrogen and oxygen atoms in total. The summed E-state index contributed by atoms with van der Waals surface area (Å²) in [6.45, 7) is -0.713. The van der Waals surface area contributed by atoms with E-state index < -0.39 is 35.7 Å². The molecule has 0 saturated carbocycles. The van der Waals surface area contributed by atoms with E-state index in [2.05, 4.69) is 15.0 Å². The highest BCUT2D eigenvalue weighted by atomic mass is 35.5. The number of aromatic nitrogens is 1. The molecule has 24 heavy (non-hydrogen) atoms. The van der Waals surface area contributed by atoms with Gasteiger partial charge in [0.05, 0.1) is 20.6 Å². The van der Waals surface area contributed by atoms with Gasteiger partial charge in [-0.15, -0.1) is 0 Å². The van der Waals surface area contributed by atoms with Gasteiger partial charge in [-0.05, 0) is 18.2 Å². The zero-order chi connectivity index (χ0) is 17.9. The lowest BCUT2D eigenvalue weighted by atomic mass is 10.2. The number of halogens is 5. The number of nitrogens with zero attached hydrogens (tertiary/aromatic N) is 1. The van der Waals surface area contributed by atoms with E-state index in [1.165, 1.54) is 12.3 Å². The Hall–Kier alpha value is -1.96. The Labute approximate surface area is 149 Å². The number of esters is 1. The lowest BCUT2D eigenvalue weighted by molar-refractivity contribution is -0.119. The summed E-state index contributed by atoms with van der Waals surface area (Å²) in [5.74, 6) is -4.30. The summed E-state index contributed by atoms with van der Waals surface area (Å²) in [5, 5.41) is 2.31. The van der Waals surface area contributed by atoms with Crippen LogP contribution in [0.1, 0.15) is 10.4 Å². The van der Waals surface area contributed by atoms with Crippen LogP contribution >= 0.6 is 34.8 Å². The first-order chi connectivity index (χ1) is 11.3. The molecule has 10 heteroatoms. The number of amides is 1. The Morgan fingerprint density at radius 2 is 1.75 bits per heavy atom. The Kier molecular flexibility index (Phi) is 5.93. The first kappa shape index (κ1) is 18.4. The maximum absolute atomic E-state index is 13.1. The summed E-state index contributed by atoms with van der Waals surface area (Å²) in [6.07, 6.45) is 1.26. The Bertz CT molecular complexity index is 818. The lowest BCUT2D eigenvalue weighted by Gasteiger charge is -2.08. The van der Waals surface area contributed by atoms with Crippen molar-refractivity contribution in [3.05, 3.63) is 56.7 Å². The topological polar surface area (TPSA) is 68.3 Å². The molecule has 0 radical (unpaired) electrons. The first-order valence-corrected chi connectivity index (χ1v) is 7.34. The number of hydrogen-bond donors (Lipinski definition) is 1. The van der Waals surface area contributed by atoms with E-state index in [0.29, 0.717) is 12.1 Å². The van der Waals surface area contributed by atoms with Crippen LogP contribution in [0.4, 0.5) is 14.6 Å². The summed E-state index contributed by atoms with van der Waals surface area (Å²) in [4.78, 5) is 27.3. The summed E-state index contributed by atoms with van der Waals surface area (Å²) in [7, 11) is 0. The Morgan fingerprint density at radius 3 is 2.42 bits per heavy atom. The molecular formula is C14H7Cl3F2N2O3. The number of anilines is 1. The van der Waals surface area contributed by atoms with Crippen LogP contribution in [0.2, 0.25) is 15.1 Å². The van der Waals surface area contributed by atoms with Crippen molar-refractivity contribution in [3.8, 4) is 0 Å². The number of rotatable bonds is 4. The molecule has 0 aliphatic heterocycles. The lowest BCUT2D eigenvalue weighted by Crippen LogP contribution is -2.22. The minimum absolute atomic E-state index is 0.0213. The zero-order valence-electron chi connectivity index (χ0n) is 11.6. The Morgan fingerprint density at radius 1 is 1.08 bits per heavy atom. The summed E-state index contributed by atoms with van der Waals surface area (Å²) in [6, 6.07) is 2.57. The third kappa shape index (κ3) is 4.53. The molecule has 1 aromatic heterocycles. The smallest absolute Gasteiger partial charge is 0.340 e. The van der Waals surface area contributed by atoms with Crippen molar-refractivity contribution in [2.24, 2.45) is 0 Å². The second-order valence-corrected chi connectivity index (χ2v) is 5.61. The molecule has 0 aliphatic carbocycles. The molecule has 1 aromatic carbocycles. The molecule has 1 amide bonds. The van der Waals surface area contributed by atoms with Gasteiger partial charge >= 0.3 is 5.97 Å². The van der Waals surface area contributed by atoms with Gasteiger partial charge in [-0.3, -0.25) is 4.79 Å². The van der Waals surface area contributed by atoms with Crippen LogP contribution in [0.25, 0.3) is 0 Å². The van der Waals surface area contributed by atoms with Crippen molar-refractivity contribution >= 4 is 52.5 Å². The van der Waals surface area contributed by atoms with Crippen LogP contribution in [0.15, 0.2) is 24.4 Å². The quantitative estimate of drug-likeness (QED) is 0.625. The highest BCUT2D eigenvalue weighted by Crippen LogP contribution is 2.23. The molecule has 126 valence electrons. The molecule has 0 atom stereocenters. The van der Waals surface area contributed by atoms with E-state index in [0.717, 1.165) is 0 Å². The van der Waals surface area contributed by atoms with E-state index >= 15 is 0 Å². The number of carbonyl (C=O) groups is 2. The molecule has 1 heterocycles. The molecule has 0 saturated heterocycles. The van der Waals surface area contributed by atoms with Gasteiger partial charge in [-0.25, -0.2) is 18.6 Å². The monoisotopic (exact) mass is 394 g/mol. The van der Waals surface area contributed by atoms with Gasteiger partial charge in [0, 0.05) is 6.20 Å². The number of benzene rings is 1. The summed E-state index contributed by atoms with van der Waals surface area (Å²) >= 11 is 17.1. The fraction of sp³-hybridized carbons (Fsp3) is 0.0714. The fourth-order valence-corrected chi connectivity index (χ4v) is 2.22. The third-order valence-corrected chi connectivity index (χ3v) is 3.44. The number of hydrogen-bond acceptors (Lipinski definition) is 4. The van der Waals surface area contributed by atoms with Crippen molar-refractivity contribution in [2.75, 3.05) is 11.9 Å². The highest BCUT2D eigenvalue weighted by molar-refractivity contribution is 6.36. The first-order valence-electron chi connectivity index (χ1n) is 6.20. The van der Waals surface area contributed by atoms with E-state index in [9.17, 15) is 18.4 Å². The van der Waals surface area contributed by atoms with E-state index in [1.54, 1.807) is 0 Å². The van der Waals surface area contributed by atoms with Crippen molar-refractivity contribution < 1.29 is 23.1 Å². The average Bonchev–Trinajstić information content (AvgIpc) is 2.51. The normalized spacial score (nSPS) is 10.4. The maximum Gasteiger partial charge on any atom is 0.340 e. The molecule has 2 rings (SSSR count). The van der Waals surface area contributed by atoms with Gasteiger partial charge in [0.15, 0.2) is 24.1 Å². The molecule has 0 aliphatic rings. The van der Waals surface area contributed by atoms with Gasteiger partial charge in [0.25, 0.3) is 5.91 Å². The predicted octanol–water partition coefficient (Wildman–Crippen LogP) is 4.12. The van der Waals surface area contributed by atoms with Gasteiger partial charge in [0.1, 0.15) is 0 Å². The minimum atomic E-state index is -1.27. The maximum atomic E-state index is 13.1. The SMILES string of the molecule is O=C(COC(=O)c1cc(F)c(F)cc1Cl)Nc1ncc(Cl)cc1Cl. The molecule has 2 aromatic rings. The molecule has 0 fully saturated rings. The van der Waals surface area contributed by atoms with Crippen LogP contribution < -0.4 is 5.32 Å². The van der Waals surface area contributed by atoms with Crippen LogP contribution in [0.3, 0.4) is 0 Å². The van der Waals surface area contributed by atoms with E-state index in [1.807, 2.05) is 0 Å². The molecule has 0 unspecified atom stereocenters. The van der Waals surface area contributed by atoms with Gasteiger partial charge < -0.3 is 10.1 Å². The molecule has 0 spiro atoms. The van der Waals surface area contributed by atoms with Crippen molar-refractivity contribution in [1.82, 2.24) is 4.98 Å². The van der Waals surface area contributed by atoms with Crippen molar-refractivity contribution in [1.29, 1.82) is 0 Å². The highest BCUT2D eigenvalue weighted by Gasteiger charge is 2.18. The standard InChI is InChI=1S/C14H7Cl3F2N2O3/c15-6-1-9(17)13(20-4-6)21-12(22)5-24-14(23)7-2-10(18)11(19)3-8(7)16/h1-4H,5H2,(H,20,21,22). The second kappa shape index (κ2) is 7.74. The van der Waals surface area contributed by atoms with Crippen molar-refractivity contribution in [2.45, 2.75) is 0 Å². The van der Waals surface area contributed by atoms with Crippen LogP contribution in [-0.2, 0) is 9.53 Å². The summed E-state index contributed by atoms with van der Waals surface area (Å²) < 4.78 is 30.7. The van der Waals surface area contributed by atoms with Crippen molar-refractivity contribution in [3.63, 3.8) is 0 Å². The predicted molar refractivity (Wildman–Crippen MR) is 84.5 cm³/mol. The minimum Gasteiger partial charge on any atom is -0.452 e. The molecule has 1 N–H and O–H groups in total. The van der Waals surface area contributed by atoms with Crippen LogP contribution in [0, 0.1) is 11.6 Å². The zero-order valence-corrected chi connectivity index (χ0v) is 13.8.